The molecular weight excluding hydrogens is 343 g/mol. The van der Waals surface area contributed by atoms with Crippen molar-refractivity contribution in [1.82, 2.24) is 0 Å². The maximum Gasteiger partial charge on any atom is 0.310 e. The lowest BCUT2D eigenvalue weighted by Gasteiger charge is -2.05. The Hall–Kier alpha value is -2.02. The molecule has 0 saturated carbocycles. The number of nitro groups is 1. The summed E-state index contributed by atoms with van der Waals surface area (Å²) in [5, 5.41) is 10.8. The first-order chi connectivity index (χ1) is 9.65. The van der Waals surface area contributed by atoms with Gasteiger partial charge in [0.05, 0.1) is 12.0 Å². The van der Waals surface area contributed by atoms with Crippen molar-refractivity contribution in [3.8, 4) is 16.9 Å². The maximum absolute atomic E-state index is 12.2. The van der Waals surface area contributed by atoms with Gasteiger partial charge in [-0.1, -0.05) is 0 Å². The smallest absolute Gasteiger partial charge is 0.310 e. The minimum absolute atomic E-state index is 0. The zero-order valence-electron chi connectivity index (χ0n) is 11.3. The van der Waals surface area contributed by atoms with Crippen LogP contribution < -0.4 is 26.3 Å². The molecule has 0 aliphatic rings. The molecule has 0 saturated heterocycles. The lowest BCUT2D eigenvalue weighted by molar-refractivity contribution is -0.696. The molecule has 0 N–H and O–H groups in total. The Kier molecular flexibility index (Phi) is 6.23. The van der Waals surface area contributed by atoms with E-state index in [1.54, 1.807) is 29.1 Å². The van der Waals surface area contributed by atoms with Crippen LogP contribution in [0.3, 0.4) is 0 Å². The first-order valence-corrected chi connectivity index (χ1v) is 6.03. The largest absolute Gasteiger partial charge is 1.00 e. The van der Waals surface area contributed by atoms with E-state index in [-0.39, 0.29) is 28.4 Å². The number of rotatable bonds is 5. The number of hydrogen-bond acceptors (Lipinski definition) is 3. The third-order valence-electron chi connectivity index (χ3n) is 2.94. The van der Waals surface area contributed by atoms with Crippen LogP contribution in [0.15, 0.2) is 42.7 Å². The molecule has 0 radical (unpaired) electrons. The topological polar surface area (TPSA) is 56.2 Å². The molecule has 1 aromatic heterocycles. The first kappa shape index (κ1) is 17.0. The summed E-state index contributed by atoms with van der Waals surface area (Å²) in [6.45, 7) is -0.112. The zero-order chi connectivity index (χ0) is 14.5. The van der Waals surface area contributed by atoms with Crippen LogP contribution in [-0.2, 0) is 6.54 Å². The van der Waals surface area contributed by atoms with E-state index >= 15 is 0 Å². The highest BCUT2D eigenvalue weighted by molar-refractivity contribution is 5.67. The Morgan fingerprint density at radius 3 is 2.43 bits per heavy atom. The van der Waals surface area contributed by atoms with Crippen molar-refractivity contribution in [2.24, 2.45) is 0 Å². The zero-order valence-corrected chi connectivity index (χ0v) is 12.9. The summed E-state index contributed by atoms with van der Waals surface area (Å²) in [5.41, 5.74) is 1.62. The number of aryl methyl sites for hydroxylation is 1. The number of hydrogen-bond donors (Lipinski definition) is 0. The summed E-state index contributed by atoms with van der Waals surface area (Å²) < 4.78 is 19.0. The average molecular weight is 357 g/mol. The maximum atomic E-state index is 12.2. The highest BCUT2D eigenvalue weighted by Crippen LogP contribution is 2.31. The van der Waals surface area contributed by atoms with Crippen molar-refractivity contribution in [3.63, 3.8) is 0 Å². The Morgan fingerprint density at radius 2 is 1.90 bits per heavy atom. The van der Waals surface area contributed by atoms with Crippen LogP contribution in [-0.4, -0.2) is 18.7 Å². The number of methoxy groups -OCH3 is 1. The minimum Gasteiger partial charge on any atom is -1.00 e. The van der Waals surface area contributed by atoms with Crippen LogP contribution in [0.25, 0.3) is 11.1 Å². The molecule has 0 spiro atoms. The summed E-state index contributed by atoms with van der Waals surface area (Å²) in [4.78, 5) is 10.3. The SMILES string of the molecule is COc1cc(-c2cc[n+](CCF)cc2)ccc1[N+](=O)[O-].[Br-]. The van der Waals surface area contributed by atoms with E-state index in [2.05, 4.69) is 0 Å². The van der Waals surface area contributed by atoms with Gasteiger partial charge in [-0.05, 0) is 23.3 Å². The summed E-state index contributed by atoms with van der Waals surface area (Å²) in [5.74, 6) is 0.216. The monoisotopic (exact) mass is 356 g/mol. The molecular formula is C14H14BrFN2O3. The normalized spacial score (nSPS) is 9.81. The number of ether oxygens (including phenoxy) is 1. The van der Waals surface area contributed by atoms with Crippen molar-refractivity contribution >= 4 is 5.69 Å². The summed E-state index contributed by atoms with van der Waals surface area (Å²) >= 11 is 0. The second-order valence-electron chi connectivity index (χ2n) is 4.16. The van der Waals surface area contributed by atoms with Gasteiger partial charge in [-0.3, -0.25) is 10.1 Å². The van der Waals surface area contributed by atoms with Gasteiger partial charge in [-0.2, -0.15) is 0 Å². The molecule has 0 amide bonds. The molecule has 2 rings (SSSR count). The van der Waals surface area contributed by atoms with Crippen LogP contribution in [0.1, 0.15) is 0 Å². The number of nitrogens with zero attached hydrogens (tertiary/aromatic N) is 2. The second kappa shape index (κ2) is 7.68. The lowest BCUT2D eigenvalue weighted by atomic mass is 10.1. The standard InChI is InChI=1S/C14H14FN2O3.BrH/c1-20-14-10-12(2-3-13(14)17(18)19)11-4-7-16(8-5-11)9-6-15;/h2-5,7-8,10H,6,9H2,1H3;1H/q+1;/p-1. The number of aromatic nitrogens is 1. The average Bonchev–Trinajstić information content (AvgIpc) is 2.47. The number of nitro benzene ring substituents is 1. The van der Waals surface area contributed by atoms with Crippen molar-refractivity contribution in [2.45, 2.75) is 6.54 Å². The number of benzene rings is 1. The molecule has 21 heavy (non-hydrogen) atoms. The van der Waals surface area contributed by atoms with Crippen molar-refractivity contribution in [3.05, 3.63) is 52.8 Å². The highest BCUT2D eigenvalue weighted by Gasteiger charge is 2.15. The fourth-order valence-electron chi connectivity index (χ4n) is 1.90. The van der Waals surface area contributed by atoms with E-state index in [0.717, 1.165) is 11.1 Å². The molecule has 7 heteroatoms. The van der Waals surface area contributed by atoms with Gasteiger partial charge in [0.1, 0.15) is 6.67 Å². The van der Waals surface area contributed by atoms with Gasteiger partial charge in [0, 0.05) is 18.2 Å². The summed E-state index contributed by atoms with van der Waals surface area (Å²) in [6.07, 6.45) is 3.53. The third-order valence-corrected chi connectivity index (χ3v) is 2.94. The van der Waals surface area contributed by atoms with Crippen LogP contribution in [0.4, 0.5) is 10.1 Å². The molecule has 0 aliphatic heterocycles. The Bertz CT molecular complexity index is 620. The fraction of sp³-hybridized carbons (Fsp3) is 0.214. The quantitative estimate of drug-likeness (QED) is 0.413. The van der Waals surface area contributed by atoms with Crippen LogP contribution in [0.2, 0.25) is 0 Å². The molecule has 0 atom stereocenters. The van der Waals surface area contributed by atoms with E-state index in [1.807, 2.05) is 12.1 Å². The number of halogens is 2. The van der Waals surface area contributed by atoms with Crippen molar-refractivity contribution < 1.29 is 35.6 Å². The number of pyridine rings is 1. The van der Waals surface area contributed by atoms with Gasteiger partial charge in [-0.25, -0.2) is 8.96 Å². The van der Waals surface area contributed by atoms with Gasteiger partial charge in [-0.15, -0.1) is 0 Å². The molecule has 0 unspecified atom stereocenters. The van der Waals surface area contributed by atoms with Gasteiger partial charge in [0.25, 0.3) is 0 Å². The second-order valence-corrected chi connectivity index (χ2v) is 4.16. The van der Waals surface area contributed by atoms with Crippen molar-refractivity contribution in [2.75, 3.05) is 13.8 Å². The molecule has 0 fully saturated rings. The Morgan fingerprint density at radius 1 is 1.24 bits per heavy atom. The molecule has 0 bridgehead atoms. The lowest BCUT2D eigenvalue weighted by Crippen LogP contribution is -3.00. The molecule has 112 valence electrons. The van der Waals surface area contributed by atoms with E-state index in [9.17, 15) is 14.5 Å². The van der Waals surface area contributed by atoms with Gasteiger partial charge in [0.15, 0.2) is 24.7 Å². The fourth-order valence-corrected chi connectivity index (χ4v) is 1.90. The van der Waals surface area contributed by atoms with Gasteiger partial charge >= 0.3 is 5.69 Å². The predicted octanol–water partition coefficient (Wildman–Crippen LogP) is -0.469. The third kappa shape index (κ3) is 3.98. The van der Waals surface area contributed by atoms with Crippen LogP contribution in [0, 0.1) is 10.1 Å². The highest BCUT2D eigenvalue weighted by atomic mass is 79.9. The summed E-state index contributed by atoms with van der Waals surface area (Å²) in [7, 11) is 1.40. The van der Waals surface area contributed by atoms with Crippen LogP contribution in [0.5, 0.6) is 5.75 Å². The first-order valence-electron chi connectivity index (χ1n) is 6.03. The van der Waals surface area contributed by atoms with E-state index < -0.39 is 11.6 Å². The minimum atomic E-state index is -0.483. The molecule has 0 aliphatic carbocycles. The molecule has 2 aromatic rings. The molecule has 5 nitrogen and oxygen atoms in total. The van der Waals surface area contributed by atoms with Gasteiger partial charge in [0.2, 0.25) is 0 Å². The van der Waals surface area contributed by atoms with Gasteiger partial charge < -0.3 is 21.7 Å². The molecule has 1 aromatic carbocycles. The Labute approximate surface area is 131 Å². The molecule has 1 heterocycles. The van der Waals surface area contributed by atoms with E-state index in [4.69, 9.17) is 4.74 Å². The number of alkyl halides is 1. The summed E-state index contributed by atoms with van der Waals surface area (Å²) in [6, 6.07) is 8.35. The van der Waals surface area contributed by atoms with Crippen LogP contribution >= 0.6 is 0 Å². The Balaban J connectivity index is 0.00000220. The van der Waals surface area contributed by atoms with E-state index in [0.29, 0.717) is 6.54 Å². The predicted molar refractivity (Wildman–Crippen MR) is 71.3 cm³/mol. The van der Waals surface area contributed by atoms with E-state index in [1.165, 1.54) is 13.2 Å². The van der Waals surface area contributed by atoms with Crippen molar-refractivity contribution in [1.29, 1.82) is 0 Å².